The van der Waals surface area contributed by atoms with Gasteiger partial charge in [-0.3, -0.25) is 4.79 Å². The molecule has 1 aromatic heterocycles. The topological polar surface area (TPSA) is 62.2 Å². The minimum atomic E-state index is -0.712. The molecule has 2 N–H and O–H groups in total. The average Bonchev–Trinajstić information content (AvgIpc) is 2.32. The van der Waals surface area contributed by atoms with Gasteiger partial charge < -0.3 is 10.4 Å². The van der Waals surface area contributed by atoms with Gasteiger partial charge in [0.1, 0.15) is 5.82 Å². The number of nitrogens with zero attached hydrogens (tertiary/aromatic N) is 1. The van der Waals surface area contributed by atoms with Crippen LogP contribution < -0.4 is 5.32 Å². The first-order chi connectivity index (χ1) is 8.49. The van der Waals surface area contributed by atoms with E-state index in [0.29, 0.717) is 6.04 Å². The summed E-state index contributed by atoms with van der Waals surface area (Å²) in [6, 6.07) is 4.29. The van der Waals surface area contributed by atoms with Crippen molar-refractivity contribution in [3.05, 3.63) is 23.9 Å². The summed E-state index contributed by atoms with van der Waals surface area (Å²) in [5, 5.41) is 12.1. The van der Waals surface area contributed by atoms with E-state index < -0.39 is 5.97 Å². The van der Waals surface area contributed by atoms with E-state index in [9.17, 15) is 4.79 Å². The number of aryl methyl sites for hydroxylation is 1. The van der Waals surface area contributed by atoms with E-state index in [4.69, 9.17) is 5.11 Å². The van der Waals surface area contributed by atoms with Crippen molar-refractivity contribution < 1.29 is 9.90 Å². The fourth-order valence-corrected chi connectivity index (χ4v) is 1.73. The van der Waals surface area contributed by atoms with Gasteiger partial charge in [-0.2, -0.15) is 0 Å². The van der Waals surface area contributed by atoms with E-state index in [1.807, 2.05) is 25.3 Å². The lowest BCUT2D eigenvalue weighted by Gasteiger charge is -2.15. The number of carboxylic acid groups (broad SMARTS) is 1. The molecule has 2 unspecified atom stereocenters. The van der Waals surface area contributed by atoms with Gasteiger partial charge in [0.15, 0.2) is 0 Å². The molecule has 1 rings (SSSR count). The molecule has 0 amide bonds. The third-order valence-corrected chi connectivity index (χ3v) is 3.00. The van der Waals surface area contributed by atoms with Gasteiger partial charge in [-0.05, 0) is 38.3 Å². The number of carboxylic acids is 1. The van der Waals surface area contributed by atoms with Crippen LogP contribution in [-0.4, -0.2) is 22.1 Å². The van der Waals surface area contributed by atoms with Gasteiger partial charge in [0.05, 0.1) is 5.92 Å². The van der Waals surface area contributed by atoms with Crippen molar-refractivity contribution in [3.8, 4) is 0 Å². The number of hydrogen-bond acceptors (Lipinski definition) is 3. The molecule has 1 heterocycles. The Kier molecular flexibility index (Phi) is 5.62. The lowest BCUT2D eigenvalue weighted by molar-refractivity contribution is -0.141. The molecule has 0 spiro atoms. The number of nitrogens with one attached hydrogen (secondary N) is 1. The molecular weight excluding hydrogens is 228 g/mol. The van der Waals surface area contributed by atoms with E-state index in [1.165, 1.54) is 0 Å². The number of pyridine rings is 1. The van der Waals surface area contributed by atoms with Crippen molar-refractivity contribution in [1.29, 1.82) is 0 Å². The molecule has 0 bridgehead atoms. The first-order valence-corrected chi connectivity index (χ1v) is 6.41. The molecule has 18 heavy (non-hydrogen) atoms. The lowest BCUT2D eigenvalue weighted by Crippen LogP contribution is -2.17. The standard InChI is InChI=1S/C14H22N2O2/c1-10-7-8-13(15-9-10)16-12(3)6-4-5-11(2)14(17)18/h7-9,11-12H,4-6H2,1-3H3,(H,15,16)(H,17,18). The Labute approximate surface area is 108 Å². The van der Waals surface area contributed by atoms with Crippen molar-refractivity contribution in [1.82, 2.24) is 4.98 Å². The molecule has 0 aromatic carbocycles. The van der Waals surface area contributed by atoms with Gasteiger partial charge in [0, 0.05) is 12.2 Å². The quantitative estimate of drug-likeness (QED) is 0.780. The Morgan fingerprint density at radius 2 is 2.11 bits per heavy atom. The van der Waals surface area contributed by atoms with Gasteiger partial charge >= 0.3 is 5.97 Å². The van der Waals surface area contributed by atoms with Crippen molar-refractivity contribution in [2.75, 3.05) is 5.32 Å². The molecule has 1 aromatic rings. The Morgan fingerprint density at radius 3 is 2.67 bits per heavy atom. The molecule has 2 atom stereocenters. The van der Waals surface area contributed by atoms with Crippen molar-refractivity contribution >= 4 is 11.8 Å². The Hall–Kier alpha value is -1.58. The molecule has 4 nitrogen and oxygen atoms in total. The molecule has 0 radical (unpaired) electrons. The van der Waals surface area contributed by atoms with Crippen molar-refractivity contribution in [3.63, 3.8) is 0 Å². The van der Waals surface area contributed by atoms with E-state index >= 15 is 0 Å². The van der Waals surface area contributed by atoms with Crippen LogP contribution in [0.15, 0.2) is 18.3 Å². The van der Waals surface area contributed by atoms with E-state index in [2.05, 4.69) is 17.2 Å². The van der Waals surface area contributed by atoms with Gasteiger partial charge in [0.25, 0.3) is 0 Å². The van der Waals surface area contributed by atoms with Crippen LogP contribution >= 0.6 is 0 Å². The van der Waals surface area contributed by atoms with Gasteiger partial charge in [-0.1, -0.05) is 19.4 Å². The highest BCUT2D eigenvalue weighted by Gasteiger charge is 2.11. The number of aromatic nitrogens is 1. The number of hydrogen-bond donors (Lipinski definition) is 2. The van der Waals surface area contributed by atoms with Crippen LogP contribution in [0, 0.1) is 12.8 Å². The Balaban J connectivity index is 2.27. The predicted molar refractivity (Wildman–Crippen MR) is 72.7 cm³/mol. The molecular formula is C14H22N2O2. The van der Waals surface area contributed by atoms with Crippen LogP contribution in [0.2, 0.25) is 0 Å². The van der Waals surface area contributed by atoms with Crippen LogP contribution in [0.1, 0.15) is 38.7 Å². The summed E-state index contributed by atoms with van der Waals surface area (Å²) < 4.78 is 0. The van der Waals surface area contributed by atoms with Crippen molar-refractivity contribution in [2.45, 2.75) is 46.1 Å². The number of anilines is 1. The maximum atomic E-state index is 10.7. The van der Waals surface area contributed by atoms with E-state index in [1.54, 1.807) is 6.92 Å². The van der Waals surface area contributed by atoms with Gasteiger partial charge in [-0.15, -0.1) is 0 Å². The third kappa shape index (κ3) is 5.17. The van der Waals surface area contributed by atoms with Crippen LogP contribution in [0.3, 0.4) is 0 Å². The minimum absolute atomic E-state index is 0.255. The SMILES string of the molecule is Cc1ccc(NC(C)CCCC(C)C(=O)O)nc1. The van der Waals surface area contributed by atoms with Crippen LogP contribution in [0.5, 0.6) is 0 Å². The molecule has 0 aliphatic rings. The molecule has 0 saturated heterocycles. The summed E-state index contributed by atoms with van der Waals surface area (Å²) in [4.78, 5) is 15.0. The summed E-state index contributed by atoms with van der Waals surface area (Å²) in [5.41, 5.74) is 1.14. The molecule has 0 fully saturated rings. The second-order valence-electron chi connectivity index (χ2n) is 4.94. The highest BCUT2D eigenvalue weighted by atomic mass is 16.4. The zero-order valence-corrected chi connectivity index (χ0v) is 11.3. The summed E-state index contributed by atoms with van der Waals surface area (Å²) >= 11 is 0. The van der Waals surface area contributed by atoms with E-state index in [0.717, 1.165) is 30.6 Å². The van der Waals surface area contributed by atoms with Crippen LogP contribution in [0.4, 0.5) is 5.82 Å². The third-order valence-electron chi connectivity index (χ3n) is 3.00. The summed E-state index contributed by atoms with van der Waals surface area (Å²) in [5.74, 6) is -0.0927. The average molecular weight is 250 g/mol. The van der Waals surface area contributed by atoms with Gasteiger partial charge in [-0.25, -0.2) is 4.98 Å². The summed E-state index contributed by atoms with van der Waals surface area (Å²) in [6.07, 6.45) is 4.42. The predicted octanol–water partition coefficient (Wildman–Crippen LogP) is 3.08. The largest absolute Gasteiger partial charge is 0.481 e. The maximum Gasteiger partial charge on any atom is 0.306 e. The summed E-state index contributed by atoms with van der Waals surface area (Å²) in [6.45, 7) is 5.85. The smallest absolute Gasteiger partial charge is 0.306 e. The second kappa shape index (κ2) is 6.99. The fourth-order valence-electron chi connectivity index (χ4n) is 1.73. The first-order valence-electron chi connectivity index (χ1n) is 6.41. The normalized spacial score (nSPS) is 13.9. The number of aliphatic carboxylic acids is 1. The lowest BCUT2D eigenvalue weighted by atomic mass is 10.0. The highest BCUT2D eigenvalue weighted by Crippen LogP contribution is 2.12. The first kappa shape index (κ1) is 14.5. The monoisotopic (exact) mass is 250 g/mol. The Bertz CT molecular complexity index is 376. The number of rotatable bonds is 7. The van der Waals surface area contributed by atoms with E-state index in [-0.39, 0.29) is 5.92 Å². The fraction of sp³-hybridized carbons (Fsp3) is 0.571. The molecule has 0 saturated carbocycles. The minimum Gasteiger partial charge on any atom is -0.481 e. The summed E-state index contributed by atoms with van der Waals surface area (Å²) in [7, 11) is 0. The zero-order valence-electron chi connectivity index (χ0n) is 11.3. The van der Waals surface area contributed by atoms with Crippen LogP contribution in [0.25, 0.3) is 0 Å². The van der Waals surface area contributed by atoms with Crippen LogP contribution in [-0.2, 0) is 4.79 Å². The zero-order chi connectivity index (χ0) is 13.5. The molecule has 100 valence electrons. The Morgan fingerprint density at radius 1 is 1.39 bits per heavy atom. The molecule has 0 aliphatic carbocycles. The number of carbonyl (C=O) groups is 1. The second-order valence-corrected chi connectivity index (χ2v) is 4.94. The van der Waals surface area contributed by atoms with Crippen molar-refractivity contribution in [2.24, 2.45) is 5.92 Å². The molecule has 0 aliphatic heterocycles. The maximum absolute atomic E-state index is 10.7. The van der Waals surface area contributed by atoms with Gasteiger partial charge in [0.2, 0.25) is 0 Å². The highest BCUT2D eigenvalue weighted by molar-refractivity contribution is 5.69. The molecule has 4 heteroatoms.